The third kappa shape index (κ3) is 5.12. The predicted octanol–water partition coefficient (Wildman–Crippen LogP) is 5.42. The van der Waals surface area contributed by atoms with Gasteiger partial charge < -0.3 is 10.2 Å². The van der Waals surface area contributed by atoms with Gasteiger partial charge in [0.15, 0.2) is 5.11 Å². The van der Waals surface area contributed by atoms with Crippen molar-refractivity contribution in [1.29, 1.82) is 0 Å². The molecule has 4 nitrogen and oxygen atoms in total. The minimum absolute atomic E-state index is 0.193. The van der Waals surface area contributed by atoms with E-state index in [4.69, 9.17) is 35.4 Å². The maximum atomic E-state index is 12.3. The fraction of sp³-hybridized carbons (Fsp3) is 0.300. The van der Waals surface area contributed by atoms with Gasteiger partial charge in [0.25, 0.3) is 5.91 Å². The van der Waals surface area contributed by atoms with Crippen molar-refractivity contribution in [1.82, 2.24) is 5.32 Å². The van der Waals surface area contributed by atoms with Crippen LogP contribution in [-0.2, 0) is 0 Å². The molecule has 3 rings (SSSR count). The summed E-state index contributed by atoms with van der Waals surface area (Å²) in [7, 11) is 0. The number of benzene rings is 2. The van der Waals surface area contributed by atoms with Crippen LogP contribution < -0.4 is 15.5 Å². The number of thiocarbonyl (C=S) groups is 1. The lowest BCUT2D eigenvalue weighted by atomic mass is 10.1. The molecule has 0 atom stereocenters. The second-order valence-corrected chi connectivity index (χ2v) is 7.83. The molecule has 1 fully saturated rings. The number of nitrogens with one attached hydrogen (secondary N) is 2. The van der Waals surface area contributed by atoms with Crippen LogP contribution in [0.25, 0.3) is 0 Å². The second kappa shape index (κ2) is 8.91. The molecule has 2 aromatic carbocycles. The van der Waals surface area contributed by atoms with E-state index < -0.39 is 0 Å². The molecule has 0 radical (unpaired) electrons. The number of nitrogens with zero attached hydrogens (tertiary/aromatic N) is 1. The maximum absolute atomic E-state index is 12.3. The molecule has 0 aliphatic carbocycles. The van der Waals surface area contributed by atoms with Crippen LogP contribution in [0, 0.1) is 6.92 Å². The number of rotatable bonds is 3. The number of carbonyl (C=O) groups excluding carboxylic acids is 1. The van der Waals surface area contributed by atoms with Crippen molar-refractivity contribution in [2.75, 3.05) is 23.3 Å². The van der Waals surface area contributed by atoms with Crippen LogP contribution in [0.1, 0.15) is 35.2 Å². The van der Waals surface area contributed by atoms with Gasteiger partial charge in [-0.3, -0.25) is 10.1 Å². The number of hydrogen-bond donors (Lipinski definition) is 2. The van der Waals surface area contributed by atoms with Crippen LogP contribution in [0.15, 0.2) is 36.4 Å². The average Bonchev–Trinajstić information content (AvgIpc) is 2.62. The summed E-state index contributed by atoms with van der Waals surface area (Å²) in [5.74, 6) is -0.353. The highest BCUT2D eigenvalue weighted by molar-refractivity contribution is 7.80. The van der Waals surface area contributed by atoms with E-state index in [1.807, 2.05) is 31.2 Å². The Morgan fingerprint density at radius 2 is 1.78 bits per heavy atom. The van der Waals surface area contributed by atoms with Gasteiger partial charge in [-0.15, -0.1) is 0 Å². The third-order valence-corrected chi connectivity index (χ3v) is 5.32. The second-order valence-electron chi connectivity index (χ2n) is 6.61. The monoisotopic (exact) mass is 421 g/mol. The van der Waals surface area contributed by atoms with E-state index in [1.165, 1.54) is 19.3 Å². The first-order valence-electron chi connectivity index (χ1n) is 8.87. The molecular weight excluding hydrogens is 401 g/mol. The number of halogens is 2. The van der Waals surface area contributed by atoms with E-state index in [2.05, 4.69) is 15.5 Å². The molecule has 2 N–H and O–H groups in total. The minimum Gasteiger partial charge on any atom is -0.370 e. The van der Waals surface area contributed by atoms with Gasteiger partial charge in [0.2, 0.25) is 0 Å². The minimum atomic E-state index is -0.353. The molecule has 0 unspecified atom stereocenters. The summed E-state index contributed by atoms with van der Waals surface area (Å²) in [6, 6.07) is 11.0. The molecule has 0 bridgehead atoms. The Morgan fingerprint density at radius 1 is 1.04 bits per heavy atom. The zero-order valence-electron chi connectivity index (χ0n) is 15.0. The van der Waals surface area contributed by atoms with Gasteiger partial charge in [-0.1, -0.05) is 29.3 Å². The Balaban J connectivity index is 1.63. The summed E-state index contributed by atoms with van der Waals surface area (Å²) in [4.78, 5) is 14.6. The van der Waals surface area contributed by atoms with Crippen LogP contribution in [0.2, 0.25) is 10.0 Å². The highest BCUT2D eigenvalue weighted by Crippen LogP contribution is 2.30. The van der Waals surface area contributed by atoms with E-state index in [0.717, 1.165) is 30.0 Å². The van der Waals surface area contributed by atoms with Gasteiger partial charge >= 0.3 is 0 Å². The molecule has 0 saturated carbocycles. The Hall–Kier alpha value is -1.82. The number of piperidine rings is 1. The molecule has 0 aromatic heterocycles. The molecule has 142 valence electrons. The fourth-order valence-corrected chi connectivity index (χ4v) is 3.94. The SMILES string of the molecule is Cc1ccc(C(=O)NC(=S)Nc2ccc(N3CCCCC3)c(Cl)c2)c(Cl)c1. The summed E-state index contributed by atoms with van der Waals surface area (Å²) in [6.45, 7) is 3.97. The zero-order chi connectivity index (χ0) is 19.4. The quantitative estimate of drug-likeness (QED) is 0.649. The van der Waals surface area contributed by atoms with Gasteiger partial charge in [0.1, 0.15) is 0 Å². The van der Waals surface area contributed by atoms with E-state index in [-0.39, 0.29) is 11.0 Å². The number of anilines is 2. The van der Waals surface area contributed by atoms with Crippen LogP contribution in [-0.4, -0.2) is 24.1 Å². The van der Waals surface area contributed by atoms with Crippen molar-refractivity contribution in [2.24, 2.45) is 0 Å². The number of amides is 1. The first-order chi connectivity index (χ1) is 12.9. The molecule has 7 heteroatoms. The summed E-state index contributed by atoms with van der Waals surface area (Å²) in [6.07, 6.45) is 3.65. The van der Waals surface area contributed by atoms with Crippen LogP contribution in [0.4, 0.5) is 11.4 Å². The molecule has 0 spiro atoms. The third-order valence-electron chi connectivity index (χ3n) is 4.50. The highest BCUT2D eigenvalue weighted by atomic mass is 35.5. The number of carbonyl (C=O) groups is 1. The molecule has 1 aliphatic heterocycles. The van der Waals surface area contributed by atoms with Gasteiger partial charge in [-0.2, -0.15) is 0 Å². The lowest BCUT2D eigenvalue weighted by molar-refractivity contribution is 0.0978. The smallest absolute Gasteiger partial charge is 0.258 e. The first kappa shape index (κ1) is 19.9. The van der Waals surface area contributed by atoms with Crippen LogP contribution >= 0.6 is 35.4 Å². The zero-order valence-corrected chi connectivity index (χ0v) is 17.3. The molecule has 2 aromatic rings. The van der Waals surface area contributed by atoms with Gasteiger partial charge in [0.05, 0.1) is 21.3 Å². The van der Waals surface area contributed by atoms with E-state index in [9.17, 15) is 4.79 Å². The van der Waals surface area contributed by atoms with Crippen molar-refractivity contribution < 1.29 is 4.79 Å². The lowest BCUT2D eigenvalue weighted by Crippen LogP contribution is -2.34. The molecular formula is C20H21Cl2N3OS. The Morgan fingerprint density at radius 3 is 2.44 bits per heavy atom. The maximum Gasteiger partial charge on any atom is 0.258 e. The first-order valence-corrected chi connectivity index (χ1v) is 10.0. The molecule has 1 heterocycles. The van der Waals surface area contributed by atoms with E-state index in [0.29, 0.717) is 15.6 Å². The topological polar surface area (TPSA) is 44.4 Å². The van der Waals surface area contributed by atoms with Crippen molar-refractivity contribution >= 4 is 57.8 Å². The van der Waals surface area contributed by atoms with Crippen molar-refractivity contribution in [3.05, 3.63) is 57.6 Å². The highest BCUT2D eigenvalue weighted by Gasteiger charge is 2.15. The standard InChI is InChI=1S/C20H21Cl2N3OS/c1-13-5-7-15(16(21)11-13)19(26)24-20(27)23-14-6-8-18(17(22)12-14)25-9-3-2-4-10-25/h5-8,11-12H,2-4,9-10H2,1H3,(H2,23,24,26,27). The van der Waals surface area contributed by atoms with Crippen molar-refractivity contribution in [2.45, 2.75) is 26.2 Å². The lowest BCUT2D eigenvalue weighted by Gasteiger charge is -2.29. The van der Waals surface area contributed by atoms with E-state index in [1.54, 1.807) is 12.1 Å². The predicted molar refractivity (Wildman–Crippen MR) is 117 cm³/mol. The normalized spacial score (nSPS) is 14.0. The Kier molecular flexibility index (Phi) is 6.58. The summed E-state index contributed by atoms with van der Waals surface area (Å²) < 4.78 is 0. The van der Waals surface area contributed by atoms with Gasteiger partial charge in [-0.05, 0) is 74.3 Å². The molecule has 1 amide bonds. The average molecular weight is 422 g/mol. The van der Waals surface area contributed by atoms with Crippen molar-refractivity contribution in [3.63, 3.8) is 0 Å². The summed E-state index contributed by atoms with van der Waals surface area (Å²) in [5, 5.41) is 6.89. The van der Waals surface area contributed by atoms with E-state index >= 15 is 0 Å². The van der Waals surface area contributed by atoms with Gasteiger partial charge in [-0.25, -0.2) is 0 Å². The van der Waals surface area contributed by atoms with Gasteiger partial charge in [0, 0.05) is 18.8 Å². The number of aryl methyl sites for hydroxylation is 1. The molecule has 27 heavy (non-hydrogen) atoms. The summed E-state index contributed by atoms with van der Waals surface area (Å²) in [5.41, 5.74) is 3.12. The molecule has 1 aliphatic rings. The Labute approximate surface area is 174 Å². The fourth-order valence-electron chi connectivity index (χ4n) is 3.11. The largest absolute Gasteiger partial charge is 0.370 e. The van der Waals surface area contributed by atoms with Crippen LogP contribution in [0.5, 0.6) is 0 Å². The van der Waals surface area contributed by atoms with Crippen LogP contribution in [0.3, 0.4) is 0 Å². The molecule has 1 saturated heterocycles. The summed E-state index contributed by atoms with van der Waals surface area (Å²) >= 11 is 17.8. The van der Waals surface area contributed by atoms with Crippen molar-refractivity contribution in [3.8, 4) is 0 Å². The number of hydrogen-bond acceptors (Lipinski definition) is 3. The Bertz CT molecular complexity index is 866.